The molecule has 3 aliphatic heterocycles. The first-order chi connectivity index (χ1) is 17.4. The summed E-state index contributed by atoms with van der Waals surface area (Å²) < 4.78 is 0. The van der Waals surface area contributed by atoms with Gasteiger partial charge in [0, 0.05) is 38.6 Å². The Hall–Kier alpha value is -2.39. The lowest BCUT2D eigenvalue weighted by atomic mass is 9.67. The van der Waals surface area contributed by atoms with E-state index in [1.54, 1.807) is 0 Å². The molecule has 0 N–H and O–H groups in total. The summed E-state index contributed by atoms with van der Waals surface area (Å²) in [5.41, 5.74) is 2.42. The largest absolute Gasteiger partial charge is 0.341 e. The molecule has 1 aromatic carbocycles. The molecule has 1 aliphatic carbocycles. The molecule has 6 nitrogen and oxygen atoms in total. The topological polar surface area (TPSA) is 48.2 Å². The van der Waals surface area contributed by atoms with E-state index in [2.05, 4.69) is 29.7 Å². The lowest BCUT2D eigenvalue weighted by Gasteiger charge is -2.50. The number of hydrogen-bond donors (Lipinski definition) is 0. The van der Waals surface area contributed by atoms with Gasteiger partial charge in [0.25, 0.3) is 0 Å². The highest BCUT2D eigenvalue weighted by Crippen LogP contribution is 2.45. The van der Waals surface area contributed by atoms with Crippen molar-refractivity contribution in [3.63, 3.8) is 0 Å². The maximum Gasteiger partial charge on any atom is 0.233 e. The number of benzene rings is 1. The van der Waals surface area contributed by atoms with E-state index >= 15 is 0 Å². The Bertz CT molecular complexity index is 1010. The number of likely N-dealkylation sites (tertiary alicyclic amines) is 2. The van der Waals surface area contributed by atoms with Crippen molar-refractivity contribution in [1.82, 2.24) is 14.7 Å². The number of fused-ring (bicyclic) bond motifs is 2. The molecular formula is C30H42N4O2. The van der Waals surface area contributed by atoms with Crippen molar-refractivity contribution in [2.75, 3.05) is 32.7 Å². The van der Waals surface area contributed by atoms with Crippen LogP contribution in [-0.2, 0) is 21.5 Å². The Balaban J connectivity index is 1.32. The minimum absolute atomic E-state index is 0.219. The van der Waals surface area contributed by atoms with Gasteiger partial charge in [0.05, 0.1) is 12.0 Å². The SMILES string of the molecule is [C-]#[N+]c1ccc2c(c1)CN(CCN1CCCCC1=O)C(=O)C21CCN(C2CCC(C(C)C)CC2)CC1. The standard InChI is InChI=1S/C30H42N4O2/c1-22(2)23-7-10-26(11-8-23)32-16-13-30(14-17-32)27-12-9-25(31-3)20-24(27)21-34(29(30)36)19-18-33-15-5-4-6-28(33)35/h9,12,20,22-23,26H,4-8,10-11,13-19,21H2,1-2H3. The Morgan fingerprint density at radius 2 is 1.72 bits per heavy atom. The quantitative estimate of drug-likeness (QED) is 0.537. The van der Waals surface area contributed by atoms with Gasteiger partial charge < -0.3 is 14.7 Å². The zero-order valence-corrected chi connectivity index (χ0v) is 22.2. The van der Waals surface area contributed by atoms with Crippen LogP contribution in [0.2, 0.25) is 0 Å². The first kappa shape index (κ1) is 25.3. The molecule has 2 saturated heterocycles. The minimum atomic E-state index is -0.494. The van der Waals surface area contributed by atoms with E-state index < -0.39 is 5.41 Å². The number of rotatable bonds is 5. The van der Waals surface area contributed by atoms with Gasteiger partial charge >= 0.3 is 0 Å². The molecule has 0 radical (unpaired) electrons. The average Bonchev–Trinajstić information content (AvgIpc) is 2.91. The van der Waals surface area contributed by atoms with Crippen LogP contribution in [-0.4, -0.2) is 65.3 Å². The number of piperidine rings is 2. The van der Waals surface area contributed by atoms with Crippen molar-refractivity contribution in [3.05, 3.63) is 40.7 Å². The molecule has 2 amide bonds. The van der Waals surface area contributed by atoms with E-state index in [0.717, 1.165) is 68.3 Å². The molecule has 1 spiro atoms. The molecule has 3 fully saturated rings. The smallest absolute Gasteiger partial charge is 0.233 e. The average molecular weight is 491 g/mol. The summed E-state index contributed by atoms with van der Waals surface area (Å²) in [6.45, 7) is 16.7. The van der Waals surface area contributed by atoms with Crippen molar-refractivity contribution in [2.24, 2.45) is 11.8 Å². The molecule has 194 valence electrons. The van der Waals surface area contributed by atoms with E-state index in [-0.39, 0.29) is 11.8 Å². The summed E-state index contributed by atoms with van der Waals surface area (Å²) in [6.07, 6.45) is 9.57. The van der Waals surface area contributed by atoms with Gasteiger partial charge in [-0.2, -0.15) is 0 Å². The predicted octanol–water partition coefficient (Wildman–Crippen LogP) is 5.14. The predicted molar refractivity (Wildman–Crippen MR) is 142 cm³/mol. The van der Waals surface area contributed by atoms with Gasteiger partial charge in [-0.05, 0) is 87.4 Å². The second-order valence-electron chi connectivity index (χ2n) is 11.9. The summed E-state index contributed by atoms with van der Waals surface area (Å²) in [4.78, 5) is 36.7. The number of carbonyl (C=O) groups excluding carboxylic acids is 2. The van der Waals surface area contributed by atoms with Crippen LogP contribution in [0.25, 0.3) is 4.85 Å². The Morgan fingerprint density at radius 3 is 2.39 bits per heavy atom. The van der Waals surface area contributed by atoms with Gasteiger partial charge in [-0.15, -0.1) is 0 Å². The molecule has 1 saturated carbocycles. The van der Waals surface area contributed by atoms with Crippen molar-refractivity contribution in [2.45, 2.75) is 89.6 Å². The van der Waals surface area contributed by atoms with Gasteiger partial charge in [0.2, 0.25) is 11.8 Å². The number of carbonyl (C=O) groups is 2. The second kappa shape index (κ2) is 10.5. The highest BCUT2D eigenvalue weighted by atomic mass is 16.2. The maximum atomic E-state index is 14.1. The van der Waals surface area contributed by atoms with E-state index in [1.807, 2.05) is 21.9 Å². The number of amides is 2. The summed E-state index contributed by atoms with van der Waals surface area (Å²) in [7, 11) is 0. The van der Waals surface area contributed by atoms with E-state index in [4.69, 9.17) is 6.57 Å². The molecule has 6 heteroatoms. The Morgan fingerprint density at radius 1 is 1.00 bits per heavy atom. The van der Waals surface area contributed by atoms with Gasteiger partial charge in [-0.1, -0.05) is 32.0 Å². The maximum absolute atomic E-state index is 14.1. The zero-order chi connectivity index (χ0) is 25.3. The molecule has 0 unspecified atom stereocenters. The van der Waals surface area contributed by atoms with Crippen LogP contribution in [0.15, 0.2) is 18.2 Å². The van der Waals surface area contributed by atoms with Crippen LogP contribution in [0.1, 0.15) is 82.8 Å². The molecule has 0 aromatic heterocycles. The number of nitrogens with zero attached hydrogens (tertiary/aromatic N) is 4. The van der Waals surface area contributed by atoms with Crippen LogP contribution < -0.4 is 0 Å². The fourth-order valence-electron chi connectivity index (χ4n) is 7.35. The summed E-state index contributed by atoms with van der Waals surface area (Å²) >= 11 is 0. The molecule has 3 heterocycles. The van der Waals surface area contributed by atoms with Crippen LogP contribution in [0.4, 0.5) is 5.69 Å². The van der Waals surface area contributed by atoms with E-state index in [0.29, 0.717) is 37.8 Å². The normalized spacial score (nSPS) is 26.8. The van der Waals surface area contributed by atoms with Crippen LogP contribution in [0.3, 0.4) is 0 Å². The highest BCUT2D eigenvalue weighted by Gasteiger charge is 2.49. The summed E-state index contributed by atoms with van der Waals surface area (Å²) in [6, 6.07) is 6.61. The molecule has 36 heavy (non-hydrogen) atoms. The first-order valence-corrected chi connectivity index (χ1v) is 14.2. The summed E-state index contributed by atoms with van der Waals surface area (Å²) in [5.74, 6) is 2.09. The monoisotopic (exact) mass is 490 g/mol. The third-order valence-electron chi connectivity index (χ3n) is 9.70. The molecular weight excluding hydrogens is 448 g/mol. The Labute approximate surface area is 216 Å². The minimum Gasteiger partial charge on any atom is -0.341 e. The zero-order valence-electron chi connectivity index (χ0n) is 22.2. The van der Waals surface area contributed by atoms with Crippen molar-refractivity contribution in [1.29, 1.82) is 0 Å². The van der Waals surface area contributed by atoms with Crippen LogP contribution >= 0.6 is 0 Å². The third-order valence-corrected chi connectivity index (χ3v) is 9.70. The van der Waals surface area contributed by atoms with Crippen LogP contribution in [0.5, 0.6) is 0 Å². The molecule has 0 atom stereocenters. The van der Waals surface area contributed by atoms with Gasteiger partial charge in [0.1, 0.15) is 0 Å². The van der Waals surface area contributed by atoms with Gasteiger partial charge in [0.15, 0.2) is 5.69 Å². The highest BCUT2D eigenvalue weighted by molar-refractivity contribution is 5.91. The Kier molecular flexibility index (Phi) is 7.40. The molecule has 5 rings (SSSR count). The van der Waals surface area contributed by atoms with E-state index in [9.17, 15) is 9.59 Å². The van der Waals surface area contributed by atoms with Crippen LogP contribution in [0, 0.1) is 18.4 Å². The van der Waals surface area contributed by atoms with Crippen molar-refractivity contribution in [3.8, 4) is 0 Å². The summed E-state index contributed by atoms with van der Waals surface area (Å²) in [5, 5.41) is 0. The second-order valence-corrected chi connectivity index (χ2v) is 11.9. The third kappa shape index (κ3) is 4.79. The lowest BCUT2D eigenvalue weighted by molar-refractivity contribution is -0.144. The lowest BCUT2D eigenvalue weighted by Crippen LogP contribution is -2.58. The molecule has 4 aliphatic rings. The van der Waals surface area contributed by atoms with Crippen molar-refractivity contribution >= 4 is 17.5 Å². The fourth-order valence-corrected chi connectivity index (χ4v) is 7.35. The number of hydrogen-bond acceptors (Lipinski definition) is 3. The van der Waals surface area contributed by atoms with Gasteiger partial charge in [-0.25, -0.2) is 4.85 Å². The first-order valence-electron chi connectivity index (χ1n) is 14.2. The van der Waals surface area contributed by atoms with Gasteiger partial charge in [-0.3, -0.25) is 9.59 Å². The molecule has 0 bridgehead atoms. The fraction of sp³-hybridized carbons (Fsp3) is 0.700. The van der Waals surface area contributed by atoms with E-state index in [1.165, 1.54) is 25.7 Å². The molecule has 1 aromatic rings. The van der Waals surface area contributed by atoms with Crippen molar-refractivity contribution < 1.29 is 9.59 Å².